The minimum Gasteiger partial charge on any atom is -0.466 e. The van der Waals surface area contributed by atoms with Crippen LogP contribution < -0.4 is 4.74 Å². The maximum absolute atomic E-state index is 6.37. The van der Waals surface area contributed by atoms with Crippen molar-refractivity contribution in [2.75, 3.05) is 19.6 Å². The van der Waals surface area contributed by atoms with Crippen LogP contribution in [0.2, 0.25) is 5.02 Å². The van der Waals surface area contributed by atoms with Crippen molar-refractivity contribution in [2.45, 2.75) is 18.9 Å². The number of nitrogens with zero attached hydrogens (tertiary/aromatic N) is 2. The molecule has 0 radical (unpaired) electrons. The zero-order valence-electron chi connectivity index (χ0n) is 12.8. The molecule has 4 aliphatic rings. The van der Waals surface area contributed by atoms with Gasteiger partial charge in [0.25, 0.3) is 5.19 Å². The fourth-order valence-corrected chi connectivity index (χ4v) is 5.75. The molecule has 3 saturated heterocycles. The number of aromatic nitrogens is 1. The highest BCUT2D eigenvalue weighted by molar-refractivity contribution is 7.16. The SMILES string of the molecule is Clc1cccc(-c2cnc(OC3C4CC5CC3CN(C5)C4)s2)c1. The molecule has 2 unspecified atom stereocenters. The first-order valence-electron chi connectivity index (χ1n) is 8.35. The van der Waals surface area contributed by atoms with Crippen molar-refractivity contribution >= 4 is 22.9 Å². The Morgan fingerprint density at radius 3 is 2.74 bits per heavy atom. The average Bonchev–Trinajstić information content (AvgIpc) is 2.99. The number of hydrogen-bond acceptors (Lipinski definition) is 4. The van der Waals surface area contributed by atoms with E-state index in [1.54, 1.807) is 11.3 Å². The van der Waals surface area contributed by atoms with Gasteiger partial charge < -0.3 is 9.64 Å². The summed E-state index contributed by atoms with van der Waals surface area (Å²) in [6.07, 6.45) is 4.95. The van der Waals surface area contributed by atoms with Gasteiger partial charge >= 0.3 is 0 Å². The molecule has 1 aromatic heterocycles. The van der Waals surface area contributed by atoms with Crippen molar-refractivity contribution in [3.05, 3.63) is 35.5 Å². The van der Waals surface area contributed by atoms with Crippen molar-refractivity contribution in [1.82, 2.24) is 9.88 Å². The zero-order valence-corrected chi connectivity index (χ0v) is 14.4. The van der Waals surface area contributed by atoms with Gasteiger partial charge in [0, 0.05) is 42.7 Å². The molecule has 2 atom stereocenters. The summed E-state index contributed by atoms with van der Waals surface area (Å²) in [5.74, 6) is 2.30. The second-order valence-electron chi connectivity index (χ2n) is 7.16. The molecule has 1 aliphatic carbocycles. The fourth-order valence-electron chi connectivity index (χ4n) is 4.76. The molecule has 0 amide bonds. The van der Waals surface area contributed by atoms with E-state index < -0.39 is 0 Å². The first kappa shape index (κ1) is 14.3. The molecule has 2 aromatic rings. The summed E-state index contributed by atoms with van der Waals surface area (Å²) in [7, 11) is 0. The van der Waals surface area contributed by atoms with Gasteiger partial charge in [-0.15, -0.1) is 0 Å². The third kappa shape index (κ3) is 2.57. The first-order chi connectivity index (χ1) is 11.2. The van der Waals surface area contributed by atoms with Crippen molar-refractivity contribution in [3.63, 3.8) is 0 Å². The Labute approximate surface area is 145 Å². The summed E-state index contributed by atoms with van der Waals surface area (Å²) in [5, 5.41) is 1.57. The van der Waals surface area contributed by atoms with Crippen LogP contribution in [0, 0.1) is 17.8 Å². The van der Waals surface area contributed by atoms with Crippen LogP contribution in [0.5, 0.6) is 5.19 Å². The van der Waals surface area contributed by atoms with Gasteiger partial charge in [-0.3, -0.25) is 0 Å². The topological polar surface area (TPSA) is 25.4 Å². The Morgan fingerprint density at radius 2 is 2.00 bits per heavy atom. The van der Waals surface area contributed by atoms with E-state index in [9.17, 15) is 0 Å². The van der Waals surface area contributed by atoms with Gasteiger partial charge in [-0.2, -0.15) is 0 Å². The molecule has 23 heavy (non-hydrogen) atoms. The van der Waals surface area contributed by atoms with E-state index in [1.807, 2.05) is 24.4 Å². The lowest BCUT2D eigenvalue weighted by atomic mass is 9.66. The van der Waals surface area contributed by atoms with Crippen molar-refractivity contribution < 1.29 is 4.74 Å². The lowest BCUT2D eigenvalue weighted by molar-refractivity contribution is -0.0985. The zero-order chi connectivity index (χ0) is 15.4. The minimum absolute atomic E-state index is 0.362. The summed E-state index contributed by atoms with van der Waals surface area (Å²) < 4.78 is 6.37. The molecule has 0 N–H and O–H groups in total. The van der Waals surface area contributed by atoms with Crippen LogP contribution in [-0.2, 0) is 0 Å². The van der Waals surface area contributed by atoms with Gasteiger partial charge in [-0.05, 0) is 36.5 Å². The normalized spacial score (nSPS) is 34.7. The van der Waals surface area contributed by atoms with E-state index in [2.05, 4.69) is 16.0 Å². The van der Waals surface area contributed by atoms with E-state index in [-0.39, 0.29) is 0 Å². The van der Waals surface area contributed by atoms with Gasteiger partial charge in [0.2, 0.25) is 0 Å². The second kappa shape index (κ2) is 5.47. The van der Waals surface area contributed by atoms with E-state index in [0.717, 1.165) is 26.6 Å². The second-order valence-corrected chi connectivity index (χ2v) is 8.59. The third-order valence-electron chi connectivity index (χ3n) is 5.53. The summed E-state index contributed by atoms with van der Waals surface area (Å²) in [6, 6.07) is 7.92. The van der Waals surface area contributed by atoms with Crippen molar-refractivity contribution in [1.29, 1.82) is 0 Å². The number of rotatable bonds is 3. The summed E-state index contributed by atoms with van der Waals surface area (Å²) in [4.78, 5) is 8.26. The largest absolute Gasteiger partial charge is 0.466 e. The van der Waals surface area contributed by atoms with E-state index >= 15 is 0 Å². The number of halogens is 1. The van der Waals surface area contributed by atoms with Gasteiger partial charge in [0.05, 0.1) is 4.88 Å². The monoisotopic (exact) mass is 346 g/mol. The van der Waals surface area contributed by atoms with E-state index in [0.29, 0.717) is 17.9 Å². The minimum atomic E-state index is 0.362. The number of piperidine rings is 3. The van der Waals surface area contributed by atoms with Crippen LogP contribution in [0.1, 0.15) is 12.8 Å². The number of hydrogen-bond donors (Lipinski definition) is 0. The van der Waals surface area contributed by atoms with E-state index in [1.165, 1.54) is 32.5 Å². The fraction of sp³-hybridized carbons (Fsp3) is 0.500. The Balaban J connectivity index is 1.36. The molecule has 3 nitrogen and oxygen atoms in total. The highest BCUT2D eigenvalue weighted by Crippen LogP contribution is 2.45. The highest BCUT2D eigenvalue weighted by Gasteiger charge is 2.48. The van der Waals surface area contributed by atoms with Gasteiger partial charge in [-0.25, -0.2) is 4.98 Å². The predicted octanol–water partition coefficient (Wildman–Crippen LogP) is 4.18. The molecule has 4 bridgehead atoms. The van der Waals surface area contributed by atoms with Crippen LogP contribution in [0.3, 0.4) is 0 Å². The molecule has 0 spiro atoms. The van der Waals surface area contributed by atoms with Crippen molar-refractivity contribution in [2.24, 2.45) is 17.8 Å². The Bertz CT molecular complexity index is 703. The van der Waals surface area contributed by atoms with Crippen LogP contribution in [0.4, 0.5) is 0 Å². The highest BCUT2D eigenvalue weighted by atomic mass is 35.5. The Kier molecular flexibility index (Phi) is 3.39. The molecule has 6 rings (SSSR count). The molecule has 3 aliphatic heterocycles. The van der Waals surface area contributed by atoms with E-state index in [4.69, 9.17) is 16.3 Å². The number of benzene rings is 1. The molecule has 4 fully saturated rings. The molecule has 5 heteroatoms. The molecule has 4 heterocycles. The first-order valence-corrected chi connectivity index (χ1v) is 9.55. The van der Waals surface area contributed by atoms with Gasteiger partial charge in [0.1, 0.15) is 6.10 Å². The maximum atomic E-state index is 6.37. The number of thiazole rings is 1. The quantitative estimate of drug-likeness (QED) is 0.833. The lowest BCUT2D eigenvalue weighted by Crippen LogP contribution is -2.61. The average molecular weight is 347 g/mol. The molecular weight excluding hydrogens is 328 g/mol. The molecule has 120 valence electrons. The summed E-state index contributed by atoms with van der Waals surface area (Å²) >= 11 is 7.72. The summed E-state index contributed by atoms with van der Waals surface area (Å²) in [5.41, 5.74) is 1.11. The maximum Gasteiger partial charge on any atom is 0.273 e. The summed E-state index contributed by atoms with van der Waals surface area (Å²) in [6.45, 7) is 3.74. The van der Waals surface area contributed by atoms with Crippen LogP contribution in [-0.4, -0.2) is 35.6 Å². The van der Waals surface area contributed by atoms with Crippen molar-refractivity contribution in [3.8, 4) is 15.6 Å². The van der Waals surface area contributed by atoms with Crippen LogP contribution >= 0.6 is 22.9 Å². The van der Waals surface area contributed by atoms with Crippen LogP contribution in [0.25, 0.3) is 10.4 Å². The standard InChI is InChI=1S/C18H19ClN2OS/c19-15-3-1-2-12(6-15)16-7-20-18(23-16)22-17-13-4-11-5-14(17)10-21(8-11)9-13/h1-3,6-7,11,13-14,17H,4-5,8-10H2. The van der Waals surface area contributed by atoms with Gasteiger partial charge in [0.15, 0.2) is 0 Å². The molecular formula is C18H19ClN2OS. The predicted molar refractivity (Wildman–Crippen MR) is 93.1 cm³/mol. The number of ether oxygens (including phenoxy) is 1. The molecule has 1 saturated carbocycles. The smallest absolute Gasteiger partial charge is 0.273 e. The lowest BCUT2D eigenvalue weighted by Gasteiger charge is -2.55. The third-order valence-corrected chi connectivity index (χ3v) is 6.71. The Hall–Kier alpha value is -1.10. The molecule has 1 aromatic carbocycles. The van der Waals surface area contributed by atoms with Crippen LogP contribution in [0.15, 0.2) is 30.5 Å². The van der Waals surface area contributed by atoms with Gasteiger partial charge in [-0.1, -0.05) is 35.1 Å². The Morgan fingerprint density at radius 1 is 1.17 bits per heavy atom.